The van der Waals surface area contributed by atoms with E-state index in [-0.39, 0.29) is 24.8 Å². The number of hydrogen-bond donors (Lipinski definition) is 2. The van der Waals surface area contributed by atoms with E-state index < -0.39 is 5.97 Å². The summed E-state index contributed by atoms with van der Waals surface area (Å²) in [6.45, 7) is 1.97. The van der Waals surface area contributed by atoms with Crippen molar-refractivity contribution in [1.29, 1.82) is 0 Å². The SMILES string of the molecule is COC(=O)c1cccc(NC(=O)CCNC(=O)c2ccsc2)c1C. The minimum Gasteiger partial charge on any atom is -0.465 e. The van der Waals surface area contributed by atoms with E-state index in [9.17, 15) is 14.4 Å². The van der Waals surface area contributed by atoms with E-state index in [1.807, 2.05) is 5.38 Å². The number of rotatable bonds is 6. The zero-order valence-electron chi connectivity index (χ0n) is 13.4. The highest BCUT2D eigenvalue weighted by atomic mass is 32.1. The van der Waals surface area contributed by atoms with E-state index >= 15 is 0 Å². The average molecular weight is 346 g/mol. The number of esters is 1. The number of anilines is 1. The summed E-state index contributed by atoms with van der Waals surface area (Å²) in [6.07, 6.45) is 0.137. The normalized spacial score (nSPS) is 10.1. The van der Waals surface area contributed by atoms with Gasteiger partial charge in [0.2, 0.25) is 5.91 Å². The van der Waals surface area contributed by atoms with Gasteiger partial charge in [0.05, 0.1) is 12.7 Å². The average Bonchev–Trinajstić information content (AvgIpc) is 3.10. The van der Waals surface area contributed by atoms with Crippen molar-refractivity contribution in [1.82, 2.24) is 5.32 Å². The lowest BCUT2D eigenvalue weighted by Crippen LogP contribution is -2.27. The summed E-state index contributed by atoms with van der Waals surface area (Å²) >= 11 is 1.44. The molecule has 0 saturated carbocycles. The van der Waals surface area contributed by atoms with E-state index in [2.05, 4.69) is 10.6 Å². The van der Waals surface area contributed by atoms with Crippen LogP contribution in [0.15, 0.2) is 35.0 Å². The topological polar surface area (TPSA) is 84.5 Å². The Morgan fingerprint density at radius 2 is 2.00 bits per heavy atom. The first kappa shape index (κ1) is 17.7. The molecule has 0 radical (unpaired) electrons. The van der Waals surface area contributed by atoms with Gasteiger partial charge in [-0.1, -0.05) is 6.07 Å². The Bertz CT molecular complexity index is 741. The van der Waals surface area contributed by atoms with Crippen molar-refractivity contribution >= 4 is 34.8 Å². The van der Waals surface area contributed by atoms with Crippen LogP contribution in [0.5, 0.6) is 0 Å². The Morgan fingerprint density at radius 1 is 1.21 bits per heavy atom. The third-order valence-electron chi connectivity index (χ3n) is 3.43. The van der Waals surface area contributed by atoms with Crippen molar-refractivity contribution in [2.45, 2.75) is 13.3 Å². The van der Waals surface area contributed by atoms with Crippen LogP contribution in [0, 0.1) is 6.92 Å². The van der Waals surface area contributed by atoms with Crippen molar-refractivity contribution in [3.05, 3.63) is 51.7 Å². The molecule has 2 N–H and O–H groups in total. The van der Waals surface area contributed by atoms with Gasteiger partial charge in [-0.15, -0.1) is 0 Å². The molecule has 0 spiro atoms. The number of amides is 2. The fraction of sp³-hybridized carbons (Fsp3) is 0.235. The van der Waals surface area contributed by atoms with Crippen LogP contribution in [-0.4, -0.2) is 31.4 Å². The van der Waals surface area contributed by atoms with Crippen LogP contribution in [-0.2, 0) is 9.53 Å². The van der Waals surface area contributed by atoms with Crippen molar-refractivity contribution in [2.75, 3.05) is 19.0 Å². The molecule has 1 heterocycles. The Morgan fingerprint density at radius 3 is 2.67 bits per heavy atom. The minimum absolute atomic E-state index is 0.137. The van der Waals surface area contributed by atoms with Crippen molar-refractivity contribution in [2.24, 2.45) is 0 Å². The summed E-state index contributed by atoms with van der Waals surface area (Å²) in [5.74, 6) is -0.898. The molecule has 0 aliphatic heterocycles. The van der Waals surface area contributed by atoms with E-state index in [1.165, 1.54) is 18.4 Å². The first-order valence-corrected chi connectivity index (χ1v) is 8.25. The summed E-state index contributed by atoms with van der Waals surface area (Å²) in [7, 11) is 1.31. The highest BCUT2D eigenvalue weighted by molar-refractivity contribution is 7.08. The summed E-state index contributed by atoms with van der Waals surface area (Å²) < 4.78 is 4.71. The molecule has 0 saturated heterocycles. The van der Waals surface area contributed by atoms with Crippen LogP contribution >= 0.6 is 11.3 Å². The smallest absolute Gasteiger partial charge is 0.338 e. The van der Waals surface area contributed by atoms with Crippen LogP contribution in [0.2, 0.25) is 0 Å². The van der Waals surface area contributed by atoms with Gasteiger partial charge >= 0.3 is 5.97 Å². The summed E-state index contributed by atoms with van der Waals surface area (Å²) in [5, 5.41) is 9.00. The maximum Gasteiger partial charge on any atom is 0.338 e. The fourth-order valence-electron chi connectivity index (χ4n) is 2.10. The van der Waals surface area contributed by atoms with E-state index in [0.29, 0.717) is 22.4 Å². The highest BCUT2D eigenvalue weighted by Gasteiger charge is 2.13. The second kappa shape index (κ2) is 8.26. The number of carbonyl (C=O) groups is 3. The number of methoxy groups -OCH3 is 1. The van der Waals surface area contributed by atoms with E-state index in [1.54, 1.807) is 36.6 Å². The number of carbonyl (C=O) groups excluding carboxylic acids is 3. The van der Waals surface area contributed by atoms with Crippen molar-refractivity contribution in [3.8, 4) is 0 Å². The zero-order valence-corrected chi connectivity index (χ0v) is 14.2. The summed E-state index contributed by atoms with van der Waals surface area (Å²) in [4.78, 5) is 35.4. The highest BCUT2D eigenvalue weighted by Crippen LogP contribution is 2.19. The predicted molar refractivity (Wildman–Crippen MR) is 92.4 cm³/mol. The summed E-state index contributed by atoms with van der Waals surface area (Å²) in [6, 6.07) is 6.75. The van der Waals surface area contributed by atoms with Crippen LogP contribution in [0.3, 0.4) is 0 Å². The van der Waals surface area contributed by atoms with E-state index in [0.717, 1.165) is 0 Å². The first-order valence-electron chi connectivity index (χ1n) is 7.31. The van der Waals surface area contributed by atoms with Crippen molar-refractivity contribution in [3.63, 3.8) is 0 Å². The van der Waals surface area contributed by atoms with Gasteiger partial charge in [0.15, 0.2) is 0 Å². The molecule has 0 aliphatic rings. The van der Waals surface area contributed by atoms with Crippen LogP contribution in [0.1, 0.15) is 32.7 Å². The van der Waals surface area contributed by atoms with Crippen molar-refractivity contribution < 1.29 is 19.1 Å². The zero-order chi connectivity index (χ0) is 17.5. The Hall–Kier alpha value is -2.67. The van der Waals surface area contributed by atoms with Crippen LogP contribution in [0.25, 0.3) is 0 Å². The lowest BCUT2D eigenvalue weighted by atomic mass is 10.1. The molecule has 0 fully saturated rings. The van der Waals surface area contributed by atoms with Gasteiger partial charge in [-0.3, -0.25) is 9.59 Å². The Kier molecular flexibility index (Phi) is 6.08. The van der Waals surface area contributed by atoms with Gasteiger partial charge in [-0.05, 0) is 36.1 Å². The Balaban J connectivity index is 1.88. The van der Waals surface area contributed by atoms with Crippen LogP contribution < -0.4 is 10.6 Å². The molecular weight excluding hydrogens is 328 g/mol. The fourth-order valence-corrected chi connectivity index (χ4v) is 2.74. The van der Waals surface area contributed by atoms with E-state index in [4.69, 9.17) is 4.74 Å². The van der Waals surface area contributed by atoms with Crippen LogP contribution in [0.4, 0.5) is 5.69 Å². The molecule has 0 unspecified atom stereocenters. The number of hydrogen-bond acceptors (Lipinski definition) is 5. The second-order valence-corrected chi connectivity index (χ2v) is 5.82. The number of nitrogens with one attached hydrogen (secondary N) is 2. The predicted octanol–water partition coefficient (Wildman–Crippen LogP) is 2.60. The standard InChI is InChI=1S/C17H18N2O4S/c1-11-13(17(22)23-2)4-3-5-14(11)19-15(20)6-8-18-16(21)12-7-9-24-10-12/h3-5,7,9-10H,6,8H2,1-2H3,(H,18,21)(H,19,20). The lowest BCUT2D eigenvalue weighted by molar-refractivity contribution is -0.116. The first-order chi connectivity index (χ1) is 11.5. The Labute approximate surface area is 143 Å². The third kappa shape index (κ3) is 4.42. The largest absolute Gasteiger partial charge is 0.465 e. The maximum absolute atomic E-state index is 12.0. The molecule has 1 aromatic heterocycles. The molecule has 7 heteroatoms. The molecule has 2 amide bonds. The van der Waals surface area contributed by atoms with Gasteiger partial charge in [0.1, 0.15) is 0 Å². The quantitative estimate of drug-likeness (QED) is 0.788. The monoisotopic (exact) mass is 346 g/mol. The number of thiophene rings is 1. The van der Waals surface area contributed by atoms with Gasteiger partial charge in [-0.2, -0.15) is 11.3 Å². The number of ether oxygens (including phenoxy) is 1. The van der Waals surface area contributed by atoms with Gasteiger partial charge in [-0.25, -0.2) is 4.79 Å². The van der Waals surface area contributed by atoms with Gasteiger partial charge in [0.25, 0.3) is 5.91 Å². The van der Waals surface area contributed by atoms with Gasteiger partial charge < -0.3 is 15.4 Å². The molecule has 1 aromatic carbocycles. The minimum atomic E-state index is -0.452. The third-order valence-corrected chi connectivity index (χ3v) is 4.12. The number of benzene rings is 1. The molecule has 24 heavy (non-hydrogen) atoms. The molecular formula is C17H18N2O4S. The molecule has 2 rings (SSSR count). The molecule has 6 nitrogen and oxygen atoms in total. The van der Waals surface area contributed by atoms with Gasteiger partial charge in [0, 0.05) is 29.6 Å². The lowest BCUT2D eigenvalue weighted by Gasteiger charge is -2.11. The molecule has 0 aliphatic carbocycles. The molecule has 2 aromatic rings. The molecule has 0 bridgehead atoms. The molecule has 0 atom stereocenters. The second-order valence-electron chi connectivity index (χ2n) is 5.04. The molecule has 126 valence electrons. The summed E-state index contributed by atoms with van der Waals surface area (Å²) in [5.41, 5.74) is 2.18. The maximum atomic E-state index is 12.0.